The maximum absolute atomic E-state index is 4.98. The minimum atomic E-state index is 0.596. The van der Waals surface area contributed by atoms with Crippen molar-refractivity contribution in [3.05, 3.63) is 27.8 Å². The maximum Gasteiger partial charge on any atom is 0.293 e. The normalized spacial score (nSPS) is 10.1. The van der Waals surface area contributed by atoms with Crippen LogP contribution in [0.3, 0.4) is 0 Å². The molecule has 0 aliphatic carbocycles. The lowest BCUT2D eigenvalue weighted by Gasteiger charge is -1.94. The van der Waals surface area contributed by atoms with E-state index in [4.69, 9.17) is 4.74 Å². The quantitative estimate of drug-likeness (QED) is 0.799. The van der Waals surface area contributed by atoms with E-state index in [9.17, 15) is 0 Å². The number of hydrogen-bond acceptors (Lipinski definition) is 4. The van der Waals surface area contributed by atoms with Crippen molar-refractivity contribution < 1.29 is 4.74 Å². The number of methoxy groups -OCH3 is 1. The van der Waals surface area contributed by atoms with Gasteiger partial charge in [0, 0.05) is 20.7 Å². The highest BCUT2D eigenvalue weighted by Crippen LogP contribution is 2.22. The van der Waals surface area contributed by atoms with Crippen molar-refractivity contribution in [2.24, 2.45) is 0 Å². The molecule has 0 amide bonds. The van der Waals surface area contributed by atoms with Gasteiger partial charge in [-0.15, -0.1) is 0 Å². The third-order valence-corrected chi connectivity index (χ3v) is 3.08. The second kappa shape index (κ2) is 4.22. The van der Waals surface area contributed by atoms with Gasteiger partial charge >= 0.3 is 0 Å². The Kier molecular flexibility index (Phi) is 2.97. The Morgan fingerprint density at radius 1 is 1.29 bits per heavy atom. The van der Waals surface area contributed by atoms with Crippen LogP contribution in [0.4, 0.5) is 0 Å². The van der Waals surface area contributed by atoms with Crippen LogP contribution in [0, 0.1) is 3.57 Å². The molecule has 3 nitrogen and oxygen atoms in total. The molecule has 0 aliphatic rings. The second-order valence-electron chi connectivity index (χ2n) is 2.59. The number of ether oxygens (including phenoxy) is 1. The highest BCUT2D eigenvalue weighted by molar-refractivity contribution is 14.1. The van der Waals surface area contributed by atoms with Gasteiger partial charge in [0.2, 0.25) is 0 Å². The molecule has 2 aromatic rings. The van der Waals surface area contributed by atoms with Gasteiger partial charge < -0.3 is 4.74 Å². The molecule has 72 valence electrons. The number of halogens is 1. The predicted octanol–water partition coefficient (Wildman–Crippen LogP) is 2.82. The summed E-state index contributed by atoms with van der Waals surface area (Å²) in [4.78, 5) is 4.21. The molecular weight excluding hydrogens is 311 g/mol. The van der Waals surface area contributed by atoms with E-state index in [0.29, 0.717) is 5.19 Å². The largest absolute Gasteiger partial charge is 0.472 e. The molecule has 2 rings (SSSR count). The lowest BCUT2D eigenvalue weighted by molar-refractivity contribution is 0.412. The number of rotatable bonds is 2. The molecule has 0 unspecified atom stereocenters. The van der Waals surface area contributed by atoms with Crippen molar-refractivity contribution in [2.45, 2.75) is 0 Å². The van der Waals surface area contributed by atoms with Gasteiger partial charge in [-0.05, 0) is 34.7 Å². The van der Waals surface area contributed by atoms with Gasteiger partial charge in [0.1, 0.15) is 0 Å². The summed E-state index contributed by atoms with van der Waals surface area (Å²) in [6.45, 7) is 0. The fourth-order valence-corrected chi connectivity index (χ4v) is 1.88. The summed E-state index contributed by atoms with van der Waals surface area (Å²) in [5.74, 6) is 0.725. The number of hydrogen-bond donors (Lipinski definition) is 0. The molecule has 0 saturated carbocycles. The van der Waals surface area contributed by atoms with E-state index in [0.717, 1.165) is 11.4 Å². The topological polar surface area (TPSA) is 35.0 Å². The number of benzene rings is 1. The lowest BCUT2D eigenvalue weighted by Crippen LogP contribution is -1.82. The van der Waals surface area contributed by atoms with Crippen LogP contribution in [0.5, 0.6) is 5.19 Å². The Labute approximate surface area is 99.4 Å². The van der Waals surface area contributed by atoms with Crippen molar-refractivity contribution >= 4 is 34.1 Å². The Hall–Kier alpha value is -0.690. The summed E-state index contributed by atoms with van der Waals surface area (Å²) in [6.07, 6.45) is 0. The van der Waals surface area contributed by atoms with Crippen LogP contribution >= 0.6 is 34.1 Å². The fraction of sp³-hybridized carbons (Fsp3) is 0.111. The SMILES string of the molecule is COc1nc(-c2ccc(I)cc2)ns1. The zero-order chi connectivity index (χ0) is 9.97. The summed E-state index contributed by atoms with van der Waals surface area (Å²) in [5, 5.41) is 0.596. The zero-order valence-corrected chi connectivity index (χ0v) is 10.4. The Morgan fingerprint density at radius 3 is 2.57 bits per heavy atom. The first kappa shape index (κ1) is 9.85. The predicted molar refractivity (Wildman–Crippen MR) is 64.6 cm³/mol. The van der Waals surface area contributed by atoms with E-state index >= 15 is 0 Å². The standard InChI is InChI=1S/C9H7IN2OS/c1-13-9-11-8(12-14-9)6-2-4-7(10)5-3-6/h2-5H,1H3. The van der Waals surface area contributed by atoms with Crippen molar-refractivity contribution in [3.63, 3.8) is 0 Å². The minimum absolute atomic E-state index is 0.596. The molecular formula is C9H7IN2OS. The number of aromatic nitrogens is 2. The van der Waals surface area contributed by atoms with E-state index in [1.54, 1.807) is 7.11 Å². The molecule has 1 aromatic heterocycles. The van der Waals surface area contributed by atoms with Gasteiger partial charge in [0.05, 0.1) is 7.11 Å². The molecule has 0 aliphatic heterocycles. The van der Waals surface area contributed by atoms with Crippen LogP contribution in [0.15, 0.2) is 24.3 Å². The van der Waals surface area contributed by atoms with Gasteiger partial charge in [0.25, 0.3) is 5.19 Å². The molecule has 0 atom stereocenters. The van der Waals surface area contributed by atoms with E-state index in [-0.39, 0.29) is 0 Å². The molecule has 1 heterocycles. The molecule has 0 spiro atoms. The van der Waals surface area contributed by atoms with Crippen molar-refractivity contribution in [1.82, 2.24) is 9.36 Å². The lowest BCUT2D eigenvalue weighted by atomic mass is 10.2. The fourth-order valence-electron chi connectivity index (χ4n) is 1.01. The molecule has 0 bridgehead atoms. The first-order valence-electron chi connectivity index (χ1n) is 3.93. The van der Waals surface area contributed by atoms with Crippen LogP contribution in [0.2, 0.25) is 0 Å². The third kappa shape index (κ3) is 2.03. The van der Waals surface area contributed by atoms with Crippen molar-refractivity contribution in [3.8, 4) is 16.6 Å². The molecule has 5 heteroatoms. The van der Waals surface area contributed by atoms with E-state index in [1.165, 1.54) is 15.1 Å². The number of nitrogens with zero attached hydrogens (tertiary/aromatic N) is 2. The van der Waals surface area contributed by atoms with Crippen LogP contribution in [-0.2, 0) is 0 Å². The van der Waals surface area contributed by atoms with E-state index in [1.807, 2.05) is 24.3 Å². The Balaban J connectivity index is 2.34. The Morgan fingerprint density at radius 2 is 2.00 bits per heavy atom. The maximum atomic E-state index is 4.98. The summed E-state index contributed by atoms with van der Waals surface area (Å²) >= 11 is 3.53. The van der Waals surface area contributed by atoms with Gasteiger partial charge in [-0.3, -0.25) is 0 Å². The summed E-state index contributed by atoms with van der Waals surface area (Å²) < 4.78 is 10.4. The van der Waals surface area contributed by atoms with E-state index in [2.05, 4.69) is 31.9 Å². The molecule has 0 N–H and O–H groups in total. The van der Waals surface area contributed by atoms with Gasteiger partial charge in [-0.1, -0.05) is 12.1 Å². The Bertz CT molecular complexity index is 427. The van der Waals surface area contributed by atoms with Crippen molar-refractivity contribution in [1.29, 1.82) is 0 Å². The average molecular weight is 318 g/mol. The van der Waals surface area contributed by atoms with Crippen LogP contribution in [-0.4, -0.2) is 16.5 Å². The van der Waals surface area contributed by atoms with Gasteiger partial charge in [-0.25, -0.2) is 0 Å². The van der Waals surface area contributed by atoms with Crippen LogP contribution < -0.4 is 4.74 Å². The molecule has 1 aromatic carbocycles. The van der Waals surface area contributed by atoms with Crippen LogP contribution in [0.1, 0.15) is 0 Å². The summed E-state index contributed by atoms with van der Waals surface area (Å²) in [5.41, 5.74) is 1.02. The van der Waals surface area contributed by atoms with Crippen molar-refractivity contribution in [2.75, 3.05) is 7.11 Å². The summed E-state index contributed by atoms with van der Waals surface area (Å²) in [6, 6.07) is 8.07. The molecule has 14 heavy (non-hydrogen) atoms. The summed E-state index contributed by atoms with van der Waals surface area (Å²) in [7, 11) is 1.60. The smallest absolute Gasteiger partial charge is 0.293 e. The first-order valence-corrected chi connectivity index (χ1v) is 5.78. The first-order chi connectivity index (χ1) is 6.79. The third-order valence-electron chi connectivity index (χ3n) is 1.68. The second-order valence-corrected chi connectivity index (χ2v) is 4.55. The molecule has 0 fully saturated rings. The van der Waals surface area contributed by atoms with Gasteiger partial charge in [-0.2, -0.15) is 9.36 Å². The zero-order valence-electron chi connectivity index (χ0n) is 7.40. The van der Waals surface area contributed by atoms with Crippen LogP contribution in [0.25, 0.3) is 11.4 Å². The van der Waals surface area contributed by atoms with Gasteiger partial charge in [0.15, 0.2) is 5.82 Å². The molecule has 0 saturated heterocycles. The molecule has 0 radical (unpaired) electrons. The highest BCUT2D eigenvalue weighted by Gasteiger charge is 2.05. The monoisotopic (exact) mass is 318 g/mol. The average Bonchev–Trinajstić information content (AvgIpc) is 2.67. The minimum Gasteiger partial charge on any atom is -0.472 e. The van der Waals surface area contributed by atoms with E-state index < -0.39 is 0 Å². The highest BCUT2D eigenvalue weighted by atomic mass is 127.